The average Bonchev–Trinajstić information content (AvgIpc) is 3.00. The van der Waals surface area contributed by atoms with E-state index in [4.69, 9.17) is 0 Å². The van der Waals surface area contributed by atoms with Crippen LogP contribution in [0.3, 0.4) is 0 Å². The Morgan fingerprint density at radius 2 is 1.76 bits per heavy atom. The van der Waals surface area contributed by atoms with Crippen molar-refractivity contribution in [1.82, 2.24) is 0 Å². The first kappa shape index (κ1) is 19.7. The number of carbonyl (C=O) groups excluding carboxylic acids is 3. The molecule has 0 aliphatic carbocycles. The number of carbonyl (C=O) groups is 3. The highest BCUT2D eigenvalue weighted by Gasteiger charge is 2.40. The van der Waals surface area contributed by atoms with Crippen molar-refractivity contribution >= 4 is 67.6 Å². The molecule has 1 fully saturated rings. The van der Waals surface area contributed by atoms with Crippen LogP contribution < -0.4 is 10.2 Å². The van der Waals surface area contributed by atoms with E-state index in [2.05, 4.69) is 21.2 Å². The van der Waals surface area contributed by atoms with Gasteiger partial charge in [-0.1, -0.05) is 46.3 Å². The van der Waals surface area contributed by atoms with Crippen LogP contribution in [0.1, 0.15) is 6.42 Å². The molecular weight excluding hydrogens is 452 g/mol. The second-order valence-corrected chi connectivity index (χ2v) is 8.76. The summed E-state index contributed by atoms with van der Waals surface area (Å²) in [5.74, 6) is -0.622. The molecule has 7 heteroatoms. The van der Waals surface area contributed by atoms with E-state index in [1.165, 1.54) is 16.7 Å². The van der Waals surface area contributed by atoms with Crippen LogP contribution in [-0.4, -0.2) is 28.7 Å². The van der Waals surface area contributed by atoms with Crippen LogP contribution in [0.25, 0.3) is 10.8 Å². The first-order chi connectivity index (χ1) is 14.0. The monoisotopic (exact) mass is 468 g/mol. The summed E-state index contributed by atoms with van der Waals surface area (Å²) in [6.07, 6.45) is 0.100. The molecule has 1 aliphatic rings. The smallest absolute Gasteiger partial charge is 0.247 e. The minimum atomic E-state index is -0.548. The highest BCUT2D eigenvalue weighted by Crippen LogP contribution is 2.30. The van der Waals surface area contributed by atoms with Gasteiger partial charge in [0.25, 0.3) is 0 Å². The molecule has 5 nitrogen and oxygen atoms in total. The zero-order chi connectivity index (χ0) is 20.4. The van der Waals surface area contributed by atoms with Crippen LogP contribution in [0.15, 0.2) is 71.2 Å². The van der Waals surface area contributed by atoms with Gasteiger partial charge in [-0.05, 0) is 47.2 Å². The quantitative estimate of drug-likeness (QED) is 0.555. The van der Waals surface area contributed by atoms with Crippen molar-refractivity contribution in [2.45, 2.75) is 11.7 Å². The zero-order valence-corrected chi connectivity index (χ0v) is 17.7. The lowest BCUT2D eigenvalue weighted by Gasteiger charge is -2.15. The largest absolute Gasteiger partial charge is 0.325 e. The van der Waals surface area contributed by atoms with Gasteiger partial charge in [0.2, 0.25) is 17.7 Å². The predicted octanol–water partition coefficient (Wildman–Crippen LogP) is 4.61. The Labute approximate surface area is 180 Å². The van der Waals surface area contributed by atoms with Gasteiger partial charge in [0.15, 0.2) is 0 Å². The summed E-state index contributed by atoms with van der Waals surface area (Å²) in [4.78, 5) is 38.5. The third kappa shape index (κ3) is 4.36. The number of anilines is 2. The summed E-state index contributed by atoms with van der Waals surface area (Å²) < 4.78 is 0.872. The predicted molar refractivity (Wildman–Crippen MR) is 120 cm³/mol. The van der Waals surface area contributed by atoms with Gasteiger partial charge in [0.1, 0.15) is 0 Å². The lowest BCUT2D eigenvalue weighted by atomic mass is 10.1. The zero-order valence-electron chi connectivity index (χ0n) is 15.3. The Balaban J connectivity index is 1.37. The normalized spacial score (nSPS) is 16.4. The number of halogens is 1. The molecule has 1 saturated heterocycles. The molecule has 0 spiro atoms. The fraction of sp³-hybridized carbons (Fsp3) is 0.136. The number of rotatable bonds is 5. The van der Waals surface area contributed by atoms with Crippen LogP contribution in [-0.2, 0) is 14.4 Å². The molecule has 3 aromatic carbocycles. The third-order valence-corrected chi connectivity index (χ3v) is 6.37. The highest BCUT2D eigenvalue weighted by atomic mass is 79.9. The Morgan fingerprint density at radius 1 is 1.03 bits per heavy atom. The van der Waals surface area contributed by atoms with Crippen molar-refractivity contribution in [3.05, 3.63) is 71.2 Å². The van der Waals surface area contributed by atoms with Gasteiger partial charge >= 0.3 is 0 Å². The minimum Gasteiger partial charge on any atom is -0.325 e. The first-order valence-electron chi connectivity index (χ1n) is 9.04. The van der Waals surface area contributed by atoms with Gasteiger partial charge in [0.05, 0.1) is 16.7 Å². The fourth-order valence-corrected chi connectivity index (χ4v) is 4.43. The molecule has 0 saturated carbocycles. The number of hydrogen-bond donors (Lipinski definition) is 1. The Bertz CT molecular complexity index is 1100. The van der Waals surface area contributed by atoms with Crippen LogP contribution in [0.2, 0.25) is 0 Å². The van der Waals surface area contributed by atoms with Gasteiger partial charge in [-0.25, -0.2) is 4.90 Å². The molecule has 3 amide bonds. The molecule has 1 aliphatic heterocycles. The van der Waals surface area contributed by atoms with E-state index < -0.39 is 5.25 Å². The van der Waals surface area contributed by atoms with E-state index in [0.717, 1.165) is 15.2 Å². The summed E-state index contributed by atoms with van der Waals surface area (Å²) in [5.41, 5.74) is 1.26. The molecular formula is C22H17BrN2O3S. The molecule has 1 heterocycles. The Kier molecular flexibility index (Phi) is 5.69. The fourth-order valence-electron chi connectivity index (χ4n) is 3.24. The lowest BCUT2D eigenvalue weighted by molar-refractivity contribution is -0.121. The third-order valence-electron chi connectivity index (χ3n) is 4.64. The Hall–Kier alpha value is -2.64. The minimum absolute atomic E-state index is 0.100. The van der Waals surface area contributed by atoms with Crippen molar-refractivity contribution in [3.8, 4) is 0 Å². The number of hydrogen-bond acceptors (Lipinski definition) is 4. The summed E-state index contributed by atoms with van der Waals surface area (Å²) >= 11 is 4.54. The van der Waals surface area contributed by atoms with Crippen LogP contribution in [0, 0.1) is 0 Å². The van der Waals surface area contributed by atoms with Crippen molar-refractivity contribution < 1.29 is 14.4 Å². The number of thioether (sulfide) groups is 1. The van der Waals surface area contributed by atoms with E-state index >= 15 is 0 Å². The van der Waals surface area contributed by atoms with E-state index in [1.54, 1.807) is 24.3 Å². The maximum atomic E-state index is 12.7. The van der Waals surface area contributed by atoms with Gasteiger partial charge in [-0.2, -0.15) is 0 Å². The highest BCUT2D eigenvalue weighted by molar-refractivity contribution is 9.10. The Morgan fingerprint density at radius 3 is 2.52 bits per heavy atom. The number of fused-ring (bicyclic) bond motifs is 1. The maximum absolute atomic E-state index is 12.7. The lowest BCUT2D eigenvalue weighted by Crippen LogP contribution is -2.31. The summed E-state index contributed by atoms with van der Waals surface area (Å²) in [5, 5.41) is 4.45. The van der Waals surface area contributed by atoms with Crippen molar-refractivity contribution in [2.24, 2.45) is 0 Å². The maximum Gasteiger partial charge on any atom is 0.247 e. The van der Waals surface area contributed by atoms with E-state index in [1.807, 2.05) is 42.5 Å². The molecule has 1 N–H and O–H groups in total. The number of nitrogens with one attached hydrogen (secondary N) is 1. The first-order valence-corrected chi connectivity index (χ1v) is 10.9. The standard InChI is InChI=1S/C22H17BrN2O3S/c23-16-6-9-18(10-7-16)25-21(27)12-19(22(25)28)29-13-20(26)24-17-8-5-14-3-1-2-4-15(14)11-17/h1-11,19H,12-13H2,(H,24,26). The molecule has 4 rings (SSSR count). The second-order valence-electron chi connectivity index (χ2n) is 6.66. The number of imide groups is 1. The van der Waals surface area contributed by atoms with E-state index in [0.29, 0.717) is 11.4 Å². The molecule has 146 valence electrons. The van der Waals surface area contributed by atoms with Crippen LogP contribution in [0.4, 0.5) is 11.4 Å². The molecule has 1 atom stereocenters. The van der Waals surface area contributed by atoms with Gasteiger partial charge in [-0.15, -0.1) is 11.8 Å². The molecule has 3 aromatic rings. The topological polar surface area (TPSA) is 66.5 Å². The van der Waals surface area contributed by atoms with Crippen LogP contribution >= 0.6 is 27.7 Å². The number of benzene rings is 3. The van der Waals surface area contributed by atoms with Gasteiger partial charge < -0.3 is 5.32 Å². The summed E-state index contributed by atoms with van der Waals surface area (Å²) in [6, 6.07) is 20.6. The van der Waals surface area contributed by atoms with Gasteiger partial charge in [-0.3, -0.25) is 14.4 Å². The molecule has 1 unspecified atom stereocenters. The molecule has 29 heavy (non-hydrogen) atoms. The second kappa shape index (κ2) is 8.39. The van der Waals surface area contributed by atoms with Crippen LogP contribution in [0.5, 0.6) is 0 Å². The summed E-state index contributed by atoms with van der Waals surface area (Å²) in [7, 11) is 0. The van der Waals surface area contributed by atoms with E-state index in [9.17, 15) is 14.4 Å². The van der Waals surface area contributed by atoms with E-state index in [-0.39, 0.29) is 29.9 Å². The van der Waals surface area contributed by atoms with Crippen molar-refractivity contribution in [2.75, 3.05) is 16.0 Å². The molecule has 0 bridgehead atoms. The van der Waals surface area contributed by atoms with Crippen molar-refractivity contribution in [3.63, 3.8) is 0 Å². The van der Waals surface area contributed by atoms with Crippen molar-refractivity contribution in [1.29, 1.82) is 0 Å². The SMILES string of the molecule is O=C(CSC1CC(=O)N(c2ccc(Br)cc2)C1=O)Nc1ccc2ccccc2c1. The molecule has 0 radical (unpaired) electrons. The number of amides is 3. The summed E-state index contributed by atoms with van der Waals surface area (Å²) in [6.45, 7) is 0. The average molecular weight is 469 g/mol. The number of nitrogens with zero attached hydrogens (tertiary/aromatic N) is 1. The molecule has 0 aromatic heterocycles. The van der Waals surface area contributed by atoms with Gasteiger partial charge in [0, 0.05) is 16.6 Å².